The summed E-state index contributed by atoms with van der Waals surface area (Å²) in [6.45, 7) is 8.84. The molecular formula is C43H52N6O11S. The lowest BCUT2D eigenvalue weighted by atomic mass is 9.85. The minimum Gasteiger partial charge on any atom is -0.445 e. The van der Waals surface area contributed by atoms with Gasteiger partial charge in [0.15, 0.2) is 0 Å². The fraction of sp³-hybridized carbons (Fsp3) is 0.488. The topological polar surface area (TPSA) is 219 Å². The molecule has 2 saturated carbocycles. The third kappa shape index (κ3) is 9.75. The van der Waals surface area contributed by atoms with Gasteiger partial charge in [0, 0.05) is 18.9 Å². The third-order valence-corrected chi connectivity index (χ3v) is 13.5. The second-order valence-electron chi connectivity index (χ2n) is 17.3. The Hall–Kier alpha value is -5.75. The molecular weight excluding hydrogens is 809 g/mol. The Bertz CT molecular complexity index is 2220. The first-order valence-electron chi connectivity index (χ1n) is 20.4. The molecule has 1 saturated heterocycles. The van der Waals surface area contributed by atoms with Gasteiger partial charge in [-0.25, -0.2) is 18.0 Å². The summed E-state index contributed by atoms with van der Waals surface area (Å²) in [6, 6.07) is 10.7. The highest BCUT2D eigenvalue weighted by molar-refractivity contribution is 7.91. The number of nitrogens with one attached hydrogen (secondary N) is 4. The first-order valence-corrected chi connectivity index (χ1v) is 21.9. The Balaban J connectivity index is 1.17. The van der Waals surface area contributed by atoms with Crippen molar-refractivity contribution >= 4 is 51.9 Å². The van der Waals surface area contributed by atoms with Gasteiger partial charge in [-0.2, -0.15) is 0 Å². The van der Waals surface area contributed by atoms with Crippen molar-refractivity contribution in [2.24, 2.45) is 11.3 Å². The molecule has 18 heteroatoms. The van der Waals surface area contributed by atoms with Crippen molar-refractivity contribution in [1.29, 1.82) is 0 Å². The Morgan fingerprint density at radius 2 is 1.80 bits per heavy atom. The predicted molar refractivity (Wildman–Crippen MR) is 220 cm³/mol. The summed E-state index contributed by atoms with van der Waals surface area (Å²) in [5, 5.41) is 7.38. The van der Waals surface area contributed by atoms with E-state index in [4.69, 9.17) is 14.2 Å². The molecule has 326 valence electrons. The van der Waals surface area contributed by atoms with Crippen LogP contribution in [-0.2, 0) is 63.1 Å². The molecule has 7 rings (SSSR count). The normalized spacial score (nSPS) is 27.3. The zero-order valence-electron chi connectivity index (χ0n) is 34.4. The van der Waals surface area contributed by atoms with Gasteiger partial charge in [0.25, 0.3) is 5.91 Å². The van der Waals surface area contributed by atoms with Crippen LogP contribution in [0.2, 0.25) is 0 Å². The van der Waals surface area contributed by atoms with E-state index in [2.05, 4.69) is 27.3 Å². The lowest BCUT2D eigenvalue weighted by Gasteiger charge is -2.36. The summed E-state index contributed by atoms with van der Waals surface area (Å²) in [7, 11) is -3.96. The summed E-state index contributed by atoms with van der Waals surface area (Å²) in [5.41, 5.74) is 0.748. The molecule has 6 amide bonds. The second-order valence-corrected chi connectivity index (χ2v) is 19.2. The molecule has 3 fully saturated rings. The Morgan fingerprint density at radius 1 is 1.05 bits per heavy atom. The largest absolute Gasteiger partial charge is 0.445 e. The smallest absolute Gasteiger partial charge is 0.410 e. The number of nitrogens with zero attached hydrogens (tertiary/aromatic N) is 2. The van der Waals surface area contributed by atoms with Gasteiger partial charge in [0.05, 0.1) is 31.6 Å². The van der Waals surface area contributed by atoms with E-state index in [1.165, 1.54) is 15.9 Å². The molecule has 2 aliphatic carbocycles. The molecule has 3 aliphatic heterocycles. The van der Waals surface area contributed by atoms with Crippen LogP contribution < -0.4 is 20.7 Å². The maximum Gasteiger partial charge on any atom is 0.410 e. The number of carbonyl (C=O) groups excluding carboxylic acids is 6. The van der Waals surface area contributed by atoms with Crippen LogP contribution in [0, 0.1) is 11.3 Å². The van der Waals surface area contributed by atoms with E-state index in [-0.39, 0.29) is 52.3 Å². The van der Waals surface area contributed by atoms with E-state index >= 15 is 0 Å². The van der Waals surface area contributed by atoms with Gasteiger partial charge >= 0.3 is 12.2 Å². The summed E-state index contributed by atoms with van der Waals surface area (Å²) >= 11 is 0. The van der Waals surface area contributed by atoms with Crippen molar-refractivity contribution in [3.63, 3.8) is 0 Å². The number of rotatable bonds is 9. The molecule has 4 N–H and O–H groups in total. The Labute approximate surface area is 354 Å². The average molecular weight is 861 g/mol. The summed E-state index contributed by atoms with van der Waals surface area (Å²) in [6.07, 6.45) is 3.27. The number of benzene rings is 2. The number of sulfonamides is 1. The molecule has 0 spiro atoms. The Morgan fingerprint density at radius 3 is 2.49 bits per heavy atom. The number of alkyl carbamates (subject to hydrolysis) is 1. The van der Waals surface area contributed by atoms with Crippen molar-refractivity contribution < 1.29 is 51.4 Å². The van der Waals surface area contributed by atoms with Gasteiger partial charge < -0.3 is 35.1 Å². The Kier molecular flexibility index (Phi) is 12.3. The molecule has 5 aliphatic rings. The van der Waals surface area contributed by atoms with Crippen molar-refractivity contribution in [3.8, 4) is 0 Å². The average Bonchev–Trinajstić information content (AvgIpc) is 4.11. The van der Waals surface area contributed by atoms with E-state index in [1.54, 1.807) is 51.1 Å². The van der Waals surface area contributed by atoms with Crippen LogP contribution in [0.3, 0.4) is 0 Å². The highest BCUT2D eigenvalue weighted by Crippen LogP contribution is 2.45. The molecule has 2 aromatic rings. The highest BCUT2D eigenvalue weighted by Gasteiger charge is 2.62. The van der Waals surface area contributed by atoms with Crippen LogP contribution in [0.1, 0.15) is 68.7 Å². The number of carbonyl (C=O) groups is 6. The van der Waals surface area contributed by atoms with Gasteiger partial charge in [-0.3, -0.25) is 28.8 Å². The van der Waals surface area contributed by atoms with Gasteiger partial charge in [-0.05, 0) is 46.9 Å². The van der Waals surface area contributed by atoms with E-state index in [1.807, 2.05) is 30.3 Å². The molecule has 4 bridgehead atoms. The van der Waals surface area contributed by atoms with Crippen LogP contribution in [0.5, 0.6) is 0 Å². The molecule has 0 radical (unpaired) electrons. The number of fused-ring (bicyclic) bond motifs is 3. The van der Waals surface area contributed by atoms with Gasteiger partial charge in [0.1, 0.15) is 36.4 Å². The first-order chi connectivity index (χ1) is 29.0. The number of hydrogen-bond donors (Lipinski definition) is 4. The first kappa shape index (κ1) is 43.3. The lowest BCUT2D eigenvalue weighted by molar-refractivity contribution is -0.145. The molecule has 2 aromatic carbocycles. The minimum atomic E-state index is -3.96. The summed E-state index contributed by atoms with van der Waals surface area (Å²) in [4.78, 5) is 86.4. The molecule has 3 heterocycles. The van der Waals surface area contributed by atoms with Gasteiger partial charge in [0.2, 0.25) is 27.7 Å². The number of amides is 6. The lowest BCUT2D eigenvalue weighted by Crippen LogP contribution is -2.62. The van der Waals surface area contributed by atoms with Crippen LogP contribution >= 0.6 is 0 Å². The third-order valence-electron chi connectivity index (χ3n) is 11.7. The highest BCUT2D eigenvalue weighted by atomic mass is 32.2. The van der Waals surface area contributed by atoms with E-state index in [9.17, 15) is 37.2 Å². The molecule has 6 atom stereocenters. The van der Waals surface area contributed by atoms with Gasteiger partial charge in [-0.15, -0.1) is 6.58 Å². The second kappa shape index (κ2) is 17.3. The van der Waals surface area contributed by atoms with Crippen LogP contribution in [0.25, 0.3) is 6.08 Å². The zero-order chi connectivity index (χ0) is 43.7. The fourth-order valence-corrected chi connectivity index (χ4v) is 9.28. The SMILES string of the molecule is C=C[C@@H]1C[C@]1(NC(=O)[C@@H]1C[C@@H]2CN1C(=O)[C@H](C(C)(C)C)NC(=O)[C@@H](NC(=O)OCc1ccccc1)COC/C=C/c1cccc3c1CN(C3)C(=O)O2)C(=O)NS(=O)(=O)C1CC1. The molecule has 0 aromatic heterocycles. The van der Waals surface area contributed by atoms with Crippen molar-refractivity contribution in [3.05, 3.63) is 89.5 Å². The standard InChI is InChI=1S/C43H52N6O11S/c1-5-29-20-43(29,39(53)47-61(56,57)31-16-17-31)46-37(51)34-19-30-22-49(34)38(52)35(42(2,3)4)45-36(50)33(44-40(54)59-24-26-11-7-6-8-12-26)25-58-18-10-15-27-13-9-14-28-21-48(23-32(27)28)41(55)60-30/h5-15,29-31,33-35H,1,16-25H2,2-4H3,(H,44,54)(H,45,50)(H,46,51)(H,47,53)/b15-10+/t29-,30-,33+,34+,35-,43-/m1/s1. The van der Waals surface area contributed by atoms with E-state index in [0.717, 1.165) is 22.3 Å². The monoisotopic (exact) mass is 860 g/mol. The predicted octanol–water partition coefficient (Wildman–Crippen LogP) is 2.65. The van der Waals surface area contributed by atoms with Crippen molar-refractivity contribution in [1.82, 2.24) is 30.5 Å². The summed E-state index contributed by atoms with van der Waals surface area (Å²) in [5.74, 6) is -3.75. The maximum atomic E-state index is 14.8. The van der Waals surface area contributed by atoms with Crippen molar-refractivity contribution in [2.75, 3.05) is 19.8 Å². The zero-order valence-corrected chi connectivity index (χ0v) is 35.2. The number of hydrogen-bond acceptors (Lipinski definition) is 11. The molecule has 61 heavy (non-hydrogen) atoms. The molecule has 17 nitrogen and oxygen atoms in total. The van der Waals surface area contributed by atoms with Crippen LogP contribution in [0.15, 0.2) is 67.3 Å². The minimum absolute atomic E-state index is 0.0482. The number of ether oxygens (including phenoxy) is 3. The summed E-state index contributed by atoms with van der Waals surface area (Å²) < 4.78 is 44.9. The maximum absolute atomic E-state index is 14.8. The van der Waals surface area contributed by atoms with E-state index < -0.39 is 92.2 Å². The van der Waals surface area contributed by atoms with Crippen LogP contribution in [-0.4, -0.2) is 109 Å². The van der Waals surface area contributed by atoms with Crippen molar-refractivity contribution in [2.45, 2.75) is 101 Å². The van der Waals surface area contributed by atoms with E-state index in [0.29, 0.717) is 12.8 Å². The fourth-order valence-electron chi connectivity index (χ4n) is 7.92. The molecule has 0 unspecified atom stereocenters. The quantitative estimate of drug-likeness (QED) is 0.269. The van der Waals surface area contributed by atoms with Crippen LogP contribution in [0.4, 0.5) is 9.59 Å². The van der Waals surface area contributed by atoms with Gasteiger partial charge in [-0.1, -0.05) is 87.5 Å².